The number of rotatable bonds is 4. The van der Waals surface area contributed by atoms with Crippen molar-refractivity contribution in [2.24, 2.45) is 0 Å². The molecule has 22 heavy (non-hydrogen) atoms. The first-order valence-corrected chi connectivity index (χ1v) is 7.59. The standard InChI is InChI=1S/C16H23N3O3/c1-10-8-11(2)18-16(22-3)12(10)9-17-15(21)13-6-4-5-7-14(20)19-13/h8,13H,4-7,9H2,1-3H3,(H,17,21)(H,19,20). The Morgan fingerprint density at radius 2 is 2.23 bits per heavy atom. The van der Waals surface area contributed by atoms with Crippen LogP contribution in [0.2, 0.25) is 0 Å². The Balaban J connectivity index is 2.03. The van der Waals surface area contributed by atoms with Crippen molar-refractivity contribution in [3.05, 3.63) is 22.9 Å². The Hall–Kier alpha value is -2.11. The molecule has 0 spiro atoms. The van der Waals surface area contributed by atoms with Gasteiger partial charge in [0.1, 0.15) is 6.04 Å². The van der Waals surface area contributed by atoms with Crippen LogP contribution in [0.25, 0.3) is 0 Å². The van der Waals surface area contributed by atoms with Crippen molar-refractivity contribution >= 4 is 11.8 Å². The zero-order chi connectivity index (χ0) is 16.1. The normalized spacial score (nSPS) is 18.3. The van der Waals surface area contributed by atoms with Crippen molar-refractivity contribution in [1.82, 2.24) is 15.6 Å². The summed E-state index contributed by atoms with van der Waals surface area (Å²) in [5.41, 5.74) is 2.76. The molecule has 1 aliphatic heterocycles. The molecule has 1 aromatic heterocycles. The number of nitrogens with one attached hydrogen (secondary N) is 2. The van der Waals surface area contributed by atoms with Crippen LogP contribution in [0.5, 0.6) is 5.88 Å². The van der Waals surface area contributed by atoms with Gasteiger partial charge in [0.2, 0.25) is 17.7 Å². The minimum Gasteiger partial charge on any atom is -0.481 e. The van der Waals surface area contributed by atoms with Gasteiger partial charge in [-0.25, -0.2) is 4.98 Å². The number of pyridine rings is 1. The molecule has 2 rings (SSSR count). The fraction of sp³-hybridized carbons (Fsp3) is 0.562. The lowest BCUT2D eigenvalue weighted by Crippen LogP contribution is -2.45. The molecule has 0 bridgehead atoms. The van der Waals surface area contributed by atoms with Crippen LogP contribution < -0.4 is 15.4 Å². The van der Waals surface area contributed by atoms with Gasteiger partial charge in [-0.2, -0.15) is 0 Å². The van der Waals surface area contributed by atoms with Crippen molar-refractivity contribution in [1.29, 1.82) is 0 Å². The molecule has 1 aliphatic rings. The summed E-state index contributed by atoms with van der Waals surface area (Å²) in [7, 11) is 1.57. The molecule has 1 saturated heterocycles. The third kappa shape index (κ3) is 3.96. The Morgan fingerprint density at radius 1 is 1.45 bits per heavy atom. The number of carbonyl (C=O) groups excluding carboxylic acids is 2. The molecule has 120 valence electrons. The molecular weight excluding hydrogens is 282 g/mol. The van der Waals surface area contributed by atoms with E-state index < -0.39 is 6.04 Å². The van der Waals surface area contributed by atoms with E-state index in [1.165, 1.54) is 0 Å². The lowest BCUT2D eigenvalue weighted by atomic mass is 10.1. The van der Waals surface area contributed by atoms with Crippen LogP contribution in [0.3, 0.4) is 0 Å². The van der Waals surface area contributed by atoms with Crippen molar-refractivity contribution < 1.29 is 14.3 Å². The molecule has 0 saturated carbocycles. The van der Waals surface area contributed by atoms with E-state index in [2.05, 4.69) is 15.6 Å². The molecule has 6 nitrogen and oxygen atoms in total. The van der Waals surface area contributed by atoms with Crippen LogP contribution in [0.15, 0.2) is 6.07 Å². The zero-order valence-electron chi connectivity index (χ0n) is 13.4. The van der Waals surface area contributed by atoms with Crippen molar-refractivity contribution in [2.45, 2.75) is 52.1 Å². The average molecular weight is 305 g/mol. The number of ether oxygens (including phenoxy) is 1. The van der Waals surface area contributed by atoms with Gasteiger partial charge in [-0.1, -0.05) is 6.42 Å². The molecule has 1 fully saturated rings. The third-order valence-corrected chi connectivity index (χ3v) is 3.87. The summed E-state index contributed by atoms with van der Waals surface area (Å²) in [6, 6.07) is 1.51. The summed E-state index contributed by atoms with van der Waals surface area (Å²) >= 11 is 0. The Morgan fingerprint density at radius 3 is 2.95 bits per heavy atom. The summed E-state index contributed by atoms with van der Waals surface area (Å²) in [6.07, 6.45) is 2.90. The highest BCUT2D eigenvalue weighted by atomic mass is 16.5. The first-order valence-electron chi connectivity index (χ1n) is 7.59. The van der Waals surface area contributed by atoms with Crippen molar-refractivity contribution in [3.8, 4) is 5.88 Å². The lowest BCUT2D eigenvalue weighted by Gasteiger charge is -2.17. The topological polar surface area (TPSA) is 80.3 Å². The van der Waals surface area contributed by atoms with Crippen molar-refractivity contribution in [2.75, 3.05) is 7.11 Å². The van der Waals surface area contributed by atoms with Gasteiger partial charge >= 0.3 is 0 Å². The molecule has 0 radical (unpaired) electrons. The summed E-state index contributed by atoms with van der Waals surface area (Å²) in [4.78, 5) is 28.1. The number of hydrogen-bond donors (Lipinski definition) is 2. The van der Waals surface area contributed by atoms with Crippen LogP contribution in [0.4, 0.5) is 0 Å². The number of methoxy groups -OCH3 is 1. The lowest BCUT2D eigenvalue weighted by molar-refractivity contribution is -0.128. The Labute approximate surface area is 130 Å². The van der Waals surface area contributed by atoms with E-state index in [0.29, 0.717) is 25.3 Å². The zero-order valence-corrected chi connectivity index (χ0v) is 13.4. The second-order valence-electron chi connectivity index (χ2n) is 5.65. The van der Waals surface area contributed by atoms with Gasteiger partial charge in [0, 0.05) is 24.2 Å². The maximum absolute atomic E-state index is 12.3. The van der Waals surface area contributed by atoms with Gasteiger partial charge in [0.05, 0.1) is 7.11 Å². The van der Waals surface area contributed by atoms with Gasteiger partial charge in [-0.05, 0) is 38.3 Å². The molecular formula is C16H23N3O3. The first-order chi connectivity index (χ1) is 10.5. The van der Waals surface area contributed by atoms with Gasteiger partial charge in [-0.3, -0.25) is 9.59 Å². The molecule has 2 amide bonds. The fourth-order valence-electron chi connectivity index (χ4n) is 2.68. The predicted molar refractivity (Wildman–Crippen MR) is 82.5 cm³/mol. The predicted octanol–water partition coefficient (Wildman–Crippen LogP) is 1.38. The monoisotopic (exact) mass is 305 g/mol. The van der Waals surface area contributed by atoms with Crippen LogP contribution in [0, 0.1) is 13.8 Å². The highest BCUT2D eigenvalue weighted by molar-refractivity contribution is 5.87. The third-order valence-electron chi connectivity index (χ3n) is 3.87. The second-order valence-corrected chi connectivity index (χ2v) is 5.65. The first kappa shape index (κ1) is 16.3. The summed E-state index contributed by atoms with van der Waals surface area (Å²) < 4.78 is 5.29. The van der Waals surface area contributed by atoms with Gasteiger partial charge < -0.3 is 15.4 Å². The van der Waals surface area contributed by atoms with E-state index in [1.807, 2.05) is 19.9 Å². The summed E-state index contributed by atoms with van der Waals surface area (Å²) in [5.74, 6) is 0.323. The fourth-order valence-corrected chi connectivity index (χ4v) is 2.68. The van der Waals surface area contributed by atoms with E-state index in [9.17, 15) is 9.59 Å². The minimum atomic E-state index is -0.445. The Kier molecular flexibility index (Phi) is 5.35. The largest absolute Gasteiger partial charge is 0.481 e. The van der Waals surface area contributed by atoms with Gasteiger partial charge in [0.15, 0.2) is 0 Å². The van der Waals surface area contributed by atoms with Gasteiger partial charge in [-0.15, -0.1) is 0 Å². The molecule has 0 aromatic carbocycles. The van der Waals surface area contributed by atoms with E-state index in [0.717, 1.165) is 29.7 Å². The molecule has 6 heteroatoms. The number of nitrogens with zero attached hydrogens (tertiary/aromatic N) is 1. The highest BCUT2D eigenvalue weighted by Gasteiger charge is 2.23. The van der Waals surface area contributed by atoms with E-state index in [4.69, 9.17) is 4.74 Å². The van der Waals surface area contributed by atoms with E-state index in [-0.39, 0.29) is 11.8 Å². The van der Waals surface area contributed by atoms with E-state index >= 15 is 0 Å². The highest BCUT2D eigenvalue weighted by Crippen LogP contribution is 2.20. The maximum Gasteiger partial charge on any atom is 0.242 e. The van der Waals surface area contributed by atoms with Crippen LogP contribution >= 0.6 is 0 Å². The smallest absolute Gasteiger partial charge is 0.242 e. The quantitative estimate of drug-likeness (QED) is 0.881. The summed E-state index contributed by atoms with van der Waals surface area (Å²) in [6.45, 7) is 4.21. The summed E-state index contributed by atoms with van der Waals surface area (Å²) in [5, 5.41) is 5.65. The number of amides is 2. The molecule has 1 unspecified atom stereocenters. The van der Waals surface area contributed by atoms with Gasteiger partial charge in [0.25, 0.3) is 0 Å². The molecule has 1 atom stereocenters. The molecule has 2 heterocycles. The Bertz CT molecular complexity index is 572. The number of hydrogen-bond acceptors (Lipinski definition) is 4. The number of aromatic nitrogens is 1. The van der Waals surface area contributed by atoms with E-state index in [1.54, 1.807) is 7.11 Å². The second kappa shape index (κ2) is 7.24. The average Bonchev–Trinajstić information content (AvgIpc) is 2.70. The minimum absolute atomic E-state index is 0.0524. The number of aryl methyl sites for hydroxylation is 2. The van der Waals surface area contributed by atoms with Crippen molar-refractivity contribution in [3.63, 3.8) is 0 Å². The van der Waals surface area contributed by atoms with Crippen LogP contribution in [0.1, 0.15) is 42.5 Å². The maximum atomic E-state index is 12.3. The molecule has 0 aliphatic carbocycles. The van der Waals surface area contributed by atoms with Crippen LogP contribution in [-0.2, 0) is 16.1 Å². The molecule has 2 N–H and O–H groups in total. The number of carbonyl (C=O) groups is 2. The SMILES string of the molecule is COc1nc(C)cc(C)c1CNC(=O)C1CCCCC(=O)N1. The van der Waals surface area contributed by atoms with Crippen LogP contribution in [-0.4, -0.2) is 29.9 Å². The molecule has 1 aromatic rings.